The Hall–Kier alpha value is -3.32. The number of likely N-dealkylation sites (tertiary alicyclic amines) is 1. The third-order valence-corrected chi connectivity index (χ3v) is 6.64. The summed E-state index contributed by atoms with van der Waals surface area (Å²) in [5, 5.41) is 21.2. The zero-order valence-corrected chi connectivity index (χ0v) is 21.6. The molecule has 7 nitrogen and oxygen atoms in total. The third-order valence-electron chi connectivity index (χ3n) is 6.64. The summed E-state index contributed by atoms with van der Waals surface area (Å²) in [5.74, 6) is -1.34. The van der Waals surface area contributed by atoms with Gasteiger partial charge in [0.25, 0.3) is 11.7 Å². The summed E-state index contributed by atoms with van der Waals surface area (Å²) >= 11 is 0. The van der Waals surface area contributed by atoms with E-state index < -0.39 is 17.7 Å². The van der Waals surface area contributed by atoms with Crippen LogP contribution in [0.2, 0.25) is 0 Å². The summed E-state index contributed by atoms with van der Waals surface area (Å²) in [7, 11) is 1.45. The van der Waals surface area contributed by atoms with Gasteiger partial charge in [0, 0.05) is 12.1 Å². The molecule has 0 aliphatic carbocycles. The molecule has 0 saturated carbocycles. The Kier molecular flexibility index (Phi) is 9.94. The largest absolute Gasteiger partial charge is 0.507 e. The van der Waals surface area contributed by atoms with Crippen LogP contribution in [0.3, 0.4) is 0 Å². The number of aliphatic hydroxyl groups excluding tert-OH is 1. The molecule has 194 valence electrons. The van der Waals surface area contributed by atoms with Gasteiger partial charge in [-0.1, -0.05) is 63.1 Å². The standard InChI is InChI=1S/C29H38N2O5/c1-4-6-16-30(17-7-5-2)18-11-19-31-26(22-14-15-23(32)24(20-22)36-3)25(28(34)29(31)35)27(33)21-12-9-8-10-13-21/h8-10,12-15,20,26,32-33H,4-7,11,16-19H2,1-3H3/b27-25+. The van der Waals surface area contributed by atoms with Crippen LogP contribution in [0.25, 0.3) is 5.76 Å². The molecule has 1 aliphatic heterocycles. The van der Waals surface area contributed by atoms with Crippen molar-refractivity contribution >= 4 is 17.4 Å². The van der Waals surface area contributed by atoms with E-state index in [1.807, 2.05) is 6.07 Å². The number of nitrogens with zero attached hydrogens (tertiary/aromatic N) is 2. The quantitative estimate of drug-likeness (QED) is 0.228. The Bertz CT molecular complexity index is 1060. The minimum Gasteiger partial charge on any atom is -0.507 e. The molecule has 3 rings (SSSR count). The first kappa shape index (κ1) is 27.3. The average Bonchev–Trinajstić information content (AvgIpc) is 3.15. The van der Waals surface area contributed by atoms with Gasteiger partial charge in [-0.2, -0.15) is 0 Å². The number of aromatic hydroxyl groups is 1. The van der Waals surface area contributed by atoms with Crippen LogP contribution in [0.1, 0.15) is 63.1 Å². The van der Waals surface area contributed by atoms with Crippen LogP contribution in [0.5, 0.6) is 11.5 Å². The summed E-state index contributed by atoms with van der Waals surface area (Å²) in [6.07, 6.45) is 5.20. The lowest BCUT2D eigenvalue weighted by Gasteiger charge is -2.27. The highest BCUT2D eigenvalue weighted by molar-refractivity contribution is 6.46. The van der Waals surface area contributed by atoms with Crippen molar-refractivity contribution in [1.82, 2.24) is 9.80 Å². The molecular weight excluding hydrogens is 456 g/mol. The van der Waals surface area contributed by atoms with Crippen LogP contribution in [0.4, 0.5) is 0 Å². The number of rotatable bonds is 13. The van der Waals surface area contributed by atoms with Crippen LogP contribution in [0, 0.1) is 0 Å². The highest BCUT2D eigenvalue weighted by Crippen LogP contribution is 2.41. The van der Waals surface area contributed by atoms with E-state index in [4.69, 9.17) is 4.74 Å². The van der Waals surface area contributed by atoms with E-state index in [2.05, 4.69) is 18.7 Å². The molecule has 1 unspecified atom stereocenters. The topological polar surface area (TPSA) is 90.3 Å². The molecule has 7 heteroatoms. The maximum absolute atomic E-state index is 13.2. The maximum atomic E-state index is 13.2. The molecule has 1 aliphatic rings. The fourth-order valence-corrected chi connectivity index (χ4v) is 4.64. The van der Waals surface area contributed by atoms with Gasteiger partial charge in [-0.3, -0.25) is 9.59 Å². The van der Waals surface area contributed by atoms with Crippen LogP contribution in [0.15, 0.2) is 54.1 Å². The van der Waals surface area contributed by atoms with Crippen LogP contribution < -0.4 is 4.74 Å². The van der Waals surface area contributed by atoms with Crippen molar-refractivity contribution in [3.8, 4) is 11.5 Å². The zero-order valence-electron chi connectivity index (χ0n) is 21.6. The third kappa shape index (κ3) is 6.26. The van der Waals surface area contributed by atoms with Gasteiger partial charge in [0.05, 0.1) is 18.7 Å². The number of ether oxygens (including phenoxy) is 1. The molecule has 2 aromatic carbocycles. The molecule has 0 radical (unpaired) electrons. The van der Waals surface area contributed by atoms with Crippen molar-refractivity contribution in [1.29, 1.82) is 0 Å². The maximum Gasteiger partial charge on any atom is 0.295 e. The molecule has 1 saturated heterocycles. The highest BCUT2D eigenvalue weighted by Gasteiger charge is 2.46. The fraction of sp³-hybridized carbons (Fsp3) is 0.448. The number of unbranched alkanes of at least 4 members (excludes halogenated alkanes) is 2. The Morgan fingerprint density at radius 2 is 1.61 bits per heavy atom. The minimum absolute atomic E-state index is 0.0382. The fourth-order valence-electron chi connectivity index (χ4n) is 4.64. The number of benzene rings is 2. The van der Waals surface area contributed by atoms with Gasteiger partial charge in [0.2, 0.25) is 0 Å². The summed E-state index contributed by atoms with van der Waals surface area (Å²) in [6, 6.07) is 12.7. The number of carbonyl (C=O) groups excluding carboxylic acids is 2. The summed E-state index contributed by atoms with van der Waals surface area (Å²) in [5.41, 5.74) is 1.11. The number of methoxy groups -OCH3 is 1. The normalized spacial score (nSPS) is 17.2. The Morgan fingerprint density at radius 1 is 0.972 bits per heavy atom. The molecule has 1 fully saturated rings. The molecule has 1 heterocycles. The average molecular weight is 495 g/mol. The van der Waals surface area contributed by atoms with E-state index >= 15 is 0 Å². The van der Waals surface area contributed by atoms with Gasteiger partial charge >= 0.3 is 0 Å². The molecule has 0 spiro atoms. The minimum atomic E-state index is -0.778. The summed E-state index contributed by atoms with van der Waals surface area (Å²) < 4.78 is 5.28. The second-order valence-corrected chi connectivity index (χ2v) is 9.19. The van der Waals surface area contributed by atoms with Gasteiger partial charge in [-0.15, -0.1) is 0 Å². The predicted octanol–water partition coefficient (Wildman–Crippen LogP) is 5.11. The number of carbonyl (C=O) groups is 2. The van der Waals surface area contributed by atoms with Crippen LogP contribution >= 0.6 is 0 Å². The second kappa shape index (κ2) is 13.1. The highest BCUT2D eigenvalue weighted by atomic mass is 16.5. The van der Waals surface area contributed by atoms with Crippen molar-refractivity contribution in [2.24, 2.45) is 0 Å². The lowest BCUT2D eigenvalue weighted by Crippen LogP contribution is -2.34. The SMILES string of the molecule is CCCCN(CCCC)CCCN1C(=O)C(=O)/C(=C(/O)c2ccccc2)C1c1ccc(O)c(OC)c1. The van der Waals surface area contributed by atoms with Crippen LogP contribution in [-0.2, 0) is 9.59 Å². The molecule has 1 atom stereocenters. The Morgan fingerprint density at radius 3 is 2.22 bits per heavy atom. The number of amides is 1. The van der Waals surface area contributed by atoms with E-state index in [0.717, 1.165) is 45.3 Å². The number of hydrogen-bond acceptors (Lipinski definition) is 6. The lowest BCUT2D eigenvalue weighted by atomic mass is 9.95. The second-order valence-electron chi connectivity index (χ2n) is 9.19. The molecule has 0 aromatic heterocycles. The first-order valence-electron chi connectivity index (χ1n) is 12.9. The smallest absolute Gasteiger partial charge is 0.295 e. The number of hydrogen-bond donors (Lipinski definition) is 2. The zero-order chi connectivity index (χ0) is 26.1. The number of ketones is 1. The van der Waals surface area contributed by atoms with Crippen molar-refractivity contribution in [3.63, 3.8) is 0 Å². The molecular formula is C29H38N2O5. The first-order valence-corrected chi connectivity index (χ1v) is 12.9. The van der Waals surface area contributed by atoms with Gasteiger partial charge in [0.15, 0.2) is 11.5 Å². The van der Waals surface area contributed by atoms with Gasteiger partial charge in [-0.25, -0.2) is 0 Å². The van der Waals surface area contributed by atoms with E-state index in [0.29, 0.717) is 24.1 Å². The number of phenols is 1. The molecule has 2 aromatic rings. The van der Waals surface area contributed by atoms with Gasteiger partial charge in [0.1, 0.15) is 5.76 Å². The van der Waals surface area contributed by atoms with E-state index in [-0.39, 0.29) is 22.8 Å². The van der Waals surface area contributed by atoms with Crippen molar-refractivity contribution in [2.75, 3.05) is 33.3 Å². The lowest BCUT2D eigenvalue weighted by molar-refractivity contribution is -0.140. The number of phenolic OH excluding ortho intramolecular Hbond substituents is 1. The van der Waals surface area contributed by atoms with E-state index in [1.165, 1.54) is 13.2 Å². The Balaban J connectivity index is 1.95. The van der Waals surface area contributed by atoms with Crippen molar-refractivity contribution < 1.29 is 24.5 Å². The van der Waals surface area contributed by atoms with Gasteiger partial charge in [-0.05, 0) is 56.6 Å². The number of aliphatic hydroxyl groups is 1. The first-order chi connectivity index (χ1) is 17.4. The molecule has 2 N–H and O–H groups in total. The number of Topliss-reactive ketones (excluding diaryl/α,β-unsaturated/α-hetero) is 1. The van der Waals surface area contributed by atoms with E-state index in [9.17, 15) is 19.8 Å². The molecule has 0 bridgehead atoms. The monoisotopic (exact) mass is 494 g/mol. The summed E-state index contributed by atoms with van der Waals surface area (Å²) in [6.45, 7) is 7.59. The van der Waals surface area contributed by atoms with Crippen molar-refractivity contribution in [3.05, 3.63) is 65.2 Å². The van der Waals surface area contributed by atoms with Crippen LogP contribution in [-0.4, -0.2) is 65.0 Å². The molecule has 1 amide bonds. The Labute approximate surface area is 214 Å². The van der Waals surface area contributed by atoms with Crippen molar-refractivity contribution in [2.45, 2.75) is 52.0 Å². The van der Waals surface area contributed by atoms with E-state index in [1.54, 1.807) is 41.3 Å². The molecule has 36 heavy (non-hydrogen) atoms. The predicted molar refractivity (Wildman–Crippen MR) is 141 cm³/mol. The van der Waals surface area contributed by atoms with Gasteiger partial charge < -0.3 is 24.7 Å². The summed E-state index contributed by atoms with van der Waals surface area (Å²) in [4.78, 5) is 30.4.